The molecule has 0 bridgehead atoms. The summed E-state index contributed by atoms with van der Waals surface area (Å²) in [6.07, 6.45) is 1.55. The Bertz CT molecular complexity index is 585. The van der Waals surface area contributed by atoms with Gasteiger partial charge in [-0.3, -0.25) is 4.79 Å². The van der Waals surface area contributed by atoms with Crippen molar-refractivity contribution in [1.82, 2.24) is 4.98 Å². The quantitative estimate of drug-likeness (QED) is 0.861. The van der Waals surface area contributed by atoms with Crippen molar-refractivity contribution in [3.05, 3.63) is 34.1 Å². The fourth-order valence-corrected chi connectivity index (χ4v) is 3.27. The maximum Gasteiger partial charge on any atom is 0.243 e. The Labute approximate surface area is 130 Å². The van der Waals surface area contributed by atoms with Gasteiger partial charge < -0.3 is 11.1 Å². The molecule has 0 fully saturated rings. The highest BCUT2D eigenvalue weighted by molar-refractivity contribution is 9.11. The van der Waals surface area contributed by atoms with E-state index in [4.69, 9.17) is 5.73 Å². The lowest BCUT2D eigenvalue weighted by atomic mass is 10.2. The molecule has 0 aliphatic carbocycles. The van der Waals surface area contributed by atoms with Crippen LogP contribution in [0.25, 0.3) is 11.3 Å². The molecule has 1 aromatic heterocycles. The number of carbonyl (C=O) groups excluding carboxylic acids is 1. The second kappa shape index (κ2) is 6.97. The Morgan fingerprint density at radius 3 is 2.80 bits per heavy atom. The molecule has 1 amide bonds. The van der Waals surface area contributed by atoms with Crippen LogP contribution in [0, 0.1) is 0 Å². The third-order valence-electron chi connectivity index (χ3n) is 2.80. The van der Waals surface area contributed by atoms with Gasteiger partial charge in [-0.2, -0.15) is 0 Å². The number of anilines is 1. The molecule has 0 saturated carbocycles. The van der Waals surface area contributed by atoms with Crippen LogP contribution in [0.1, 0.15) is 19.8 Å². The highest BCUT2D eigenvalue weighted by atomic mass is 79.9. The Morgan fingerprint density at radius 1 is 1.45 bits per heavy atom. The Morgan fingerprint density at radius 2 is 2.15 bits per heavy atom. The van der Waals surface area contributed by atoms with Crippen molar-refractivity contribution in [1.29, 1.82) is 0 Å². The summed E-state index contributed by atoms with van der Waals surface area (Å²) < 4.78 is 0.892. The van der Waals surface area contributed by atoms with Crippen LogP contribution in [-0.2, 0) is 4.79 Å². The molecule has 0 aliphatic rings. The predicted molar refractivity (Wildman–Crippen MR) is 86.8 cm³/mol. The van der Waals surface area contributed by atoms with Gasteiger partial charge in [-0.25, -0.2) is 4.98 Å². The smallest absolute Gasteiger partial charge is 0.243 e. The van der Waals surface area contributed by atoms with Crippen LogP contribution in [0.2, 0.25) is 0 Å². The molecule has 1 aromatic carbocycles. The van der Waals surface area contributed by atoms with E-state index < -0.39 is 6.04 Å². The van der Waals surface area contributed by atoms with Gasteiger partial charge in [-0.05, 0) is 22.4 Å². The summed E-state index contributed by atoms with van der Waals surface area (Å²) in [5.74, 6) is -0.187. The highest BCUT2D eigenvalue weighted by Crippen LogP contribution is 2.35. The second-order valence-electron chi connectivity index (χ2n) is 4.39. The average Bonchev–Trinajstić information content (AvgIpc) is 2.80. The van der Waals surface area contributed by atoms with Crippen LogP contribution >= 0.6 is 27.3 Å². The summed E-state index contributed by atoms with van der Waals surface area (Å²) >= 11 is 4.88. The lowest BCUT2D eigenvalue weighted by Crippen LogP contribution is -2.35. The van der Waals surface area contributed by atoms with E-state index >= 15 is 0 Å². The topological polar surface area (TPSA) is 68.0 Å². The van der Waals surface area contributed by atoms with Gasteiger partial charge in [0.05, 0.1) is 15.5 Å². The summed E-state index contributed by atoms with van der Waals surface area (Å²) in [5.41, 5.74) is 7.62. The first-order chi connectivity index (χ1) is 9.61. The molecule has 0 saturated heterocycles. The number of nitrogens with two attached hydrogens (primary N) is 1. The molecule has 4 nitrogen and oxygen atoms in total. The zero-order valence-corrected chi connectivity index (χ0v) is 13.5. The Balaban J connectivity index is 2.14. The number of rotatable bonds is 5. The molecule has 0 spiro atoms. The van der Waals surface area contributed by atoms with Gasteiger partial charge in [0.2, 0.25) is 5.91 Å². The molecule has 20 heavy (non-hydrogen) atoms. The molecule has 0 radical (unpaired) electrons. The van der Waals surface area contributed by atoms with Crippen LogP contribution in [0.4, 0.5) is 5.13 Å². The number of thiazole rings is 1. The second-order valence-corrected chi connectivity index (χ2v) is 6.71. The number of hydrogen-bond donors (Lipinski definition) is 2. The Hall–Kier alpha value is -1.24. The van der Waals surface area contributed by atoms with Crippen molar-refractivity contribution in [2.75, 3.05) is 5.32 Å². The predicted octanol–water partition coefficient (Wildman–Crippen LogP) is 3.64. The van der Waals surface area contributed by atoms with E-state index in [1.54, 1.807) is 0 Å². The van der Waals surface area contributed by atoms with Gasteiger partial charge in [0, 0.05) is 5.56 Å². The van der Waals surface area contributed by atoms with Crippen LogP contribution in [0.15, 0.2) is 34.1 Å². The number of nitrogens with zero attached hydrogens (tertiary/aromatic N) is 1. The summed E-state index contributed by atoms with van der Waals surface area (Å²) in [4.78, 5) is 16.3. The van der Waals surface area contributed by atoms with Crippen molar-refractivity contribution in [3.63, 3.8) is 0 Å². The van der Waals surface area contributed by atoms with Gasteiger partial charge in [-0.1, -0.05) is 55.0 Å². The van der Waals surface area contributed by atoms with Crippen molar-refractivity contribution >= 4 is 38.3 Å². The van der Waals surface area contributed by atoms with Gasteiger partial charge in [0.25, 0.3) is 0 Å². The summed E-state index contributed by atoms with van der Waals surface area (Å²) in [6.45, 7) is 2.00. The molecule has 2 aromatic rings. The first-order valence-electron chi connectivity index (χ1n) is 6.40. The summed E-state index contributed by atoms with van der Waals surface area (Å²) in [7, 11) is 0. The number of benzene rings is 1. The normalized spacial score (nSPS) is 12.2. The SMILES string of the molecule is CCCC(N)C(=O)Nc1nc(-c2ccccc2)c(Br)s1. The number of aromatic nitrogens is 1. The highest BCUT2D eigenvalue weighted by Gasteiger charge is 2.16. The van der Waals surface area contributed by atoms with Crippen LogP contribution in [-0.4, -0.2) is 16.9 Å². The van der Waals surface area contributed by atoms with E-state index in [9.17, 15) is 4.79 Å². The molecule has 0 aliphatic heterocycles. The summed E-state index contributed by atoms with van der Waals surface area (Å²) in [6, 6.07) is 9.34. The number of hydrogen-bond acceptors (Lipinski definition) is 4. The van der Waals surface area contributed by atoms with Gasteiger partial charge in [-0.15, -0.1) is 0 Å². The van der Waals surface area contributed by atoms with Crippen LogP contribution in [0.5, 0.6) is 0 Å². The van der Waals surface area contributed by atoms with E-state index in [2.05, 4.69) is 26.2 Å². The molecule has 106 valence electrons. The zero-order valence-electron chi connectivity index (χ0n) is 11.1. The van der Waals surface area contributed by atoms with Crippen molar-refractivity contribution in [2.45, 2.75) is 25.8 Å². The molecule has 2 rings (SSSR count). The molecular formula is C14H16BrN3OS. The van der Waals surface area contributed by atoms with E-state index in [1.165, 1.54) is 11.3 Å². The van der Waals surface area contributed by atoms with Gasteiger partial charge in [0.1, 0.15) is 0 Å². The molecule has 1 heterocycles. The van der Waals surface area contributed by atoms with Crippen molar-refractivity contribution in [3.8, 4) is 11.3 Å². The lowest BCUT2D eigenvalue weighted by Gasteiger charge is -2.08. The maximum atomic E-state index is 11.9. The molecule has 1 atom stereocenters. The van der Waals surface area contributed by atoms with E-state index in [0.717, 1.165) is 21.5 Å². The van der Waals surface area contributed by atoms with Gasteiger partial charge in [0.15, 0.2) is 5.13 Å². The molecule has 3 N–H and O–H groups in total. The fourth-order valence-electron chi connectivity index (χ4n) is 1.77. The minimum absolute atomic E-state index is 0.187. The lowest BCUT2D eigenvalue weighted by molar-refractivity contribution is -0.117. The van der Waals surface area contributed by atoms with E-state index in [0.29, 0.717) is 11.6 Å². The molecular weight excluding hydrogens is 338 g/mol. The van der Waals surface area contributed by atoms with E-state index in [1.807, 2.05) is 37.3 Å². The first-order valence-corrected chi connectivity index (χ1v) is 8.01. The molecule has 1 unspecified atom stereocenters. The third kappa shape index (κ3) is 3.65. The summed E-state index contributed by atoms with van der Waals surface area (Å²) in [5, 5.41) is 3.33. The van der Waals surface area contributed by atoms with Crippen molar-refractivity contribution in [2.24, 2.45) is 5.73 Å². The minimum atomic E-state index is -0.483. The first kappa shape index (κ1) is 15.2. The standard InChI is InChI=1S/C14H16BrN3OS/c1-2-6-10(16)13(19)18-14-17-11(12(15)20-14)9-7-4-3-5-8-9/h3-5,7-8,10H,2,6,16H2,1H3,(H,17,18,19). The fraction of sp³-hybridized carbons (Fsp3) is 0.286. The number of carbonyl (C=O) groups is 1. The van der Waals surface area contributed by atoms with Gasteiger partial charge >= 0.3 is 0 Å². The zero-order chi connectivity index (χ0) is 14.5. The maximum absolute atomic E-state index is 11.9. The minimum Gasteiger partial charge on any atom is -0.320 e. The van der Waals surface area contributed by atoms with Crippen LogP contribution in [0.3, 0.4) is 0 Å². The number of amides is 1. The Kier molecular flexibility index (Phi) is 5.28. The van der Waals surface area contributed by atoms with E-state index in [-0.39, 0.29) is 5.91 Å². The number of halogens is 1. The molecule has 6 heteroatoms. The van der Waals surface area contributed by atoms with Crippen molar-refractivity contribution < 1.29 is 4.79 Å². The largest absolute Gasteiger partial charge is 0.320 e. The monoisotopic (exact) mass is 353 g/mol. The van der Waals surface area contributed by atoms with Crippen LogP contribution < -0.4 is 11.1 Å². The third-order valence-corrected chi connectivity index (χ3v) is 4.42. The average molecular weight is 354 g/mol. The number of nitrogens with one attached hydrogen (secondary N) is 1.